The molecular weight excluding hydrogens is 267 g/mol. The van der Waals surface area contributed by atoms with Crippen molar-refractivity contribution in [2.75, 3.05) is 20.1 Å². The van der Waals surface area contributed by atoms with Gasteiger partial charge in [0.25, 0.3) is 0 Å². The van der Waals surface area contributed by atoms with Crippen molar-refractivity contribution in [3.8, 4) is 0 Å². The van der Waals surface area contributed by atoms with Crippen molar-refractivity contribution >= 4 is 5.91 Å². The first-order valence-electron chi connectivity index (χ1n) is 7.80. The second kappa shape index (κ2) is 7.55. The molecule has 0 bridgehead atoms. The Hall–Kier alpha value is -1.42. The van der Waals surface area contributed by atoms with E-state index >= 15 is 0 Å². The molecule has 1 aliphatic rings. The monoisotopic (exact) mass is 292 g/mol. The van der Waals surface area contributed by atoms with Crippen LogP contribution in [0.2, 0.25) is 0 Å². The van der Waals surface area contributed by atoms with E-state index in [0.29, 0.717) is 17.9 Å². The van der Waals surface area contributed by atoms with Gasteiger partial charge in [0, 0.05) is 19.0 Å². The quantitative estimate of drug-likeness (QED) is 0.904. The normalized spacial score (nSPS) is 20.0. The zero-order chi connectivity index (χ0) is 15.2. The lowest BCUT2D eigenvalue weighted by atomic mass is 9.94. The van der Waals surface area contributed by atoms with E-state index in [1.807, 2.05) is 6.92 Å². The smallest absolute Gasteiger partial charge is 0.222 e. The maximum atomic E-state index is 13.8. The van der Waals surface area contributed by atoms with Crippen molar-refractivity contribution in [3.05, 3.63) is 35.6 Å². The van der Waals surface area contributed by atoms with Crippen LogP contribution in [0.15, 0.2) is 24.3 Å². The van der Waals surface area contributed by atoms with Gasteiger partial charge in [-0.2, -0.15) is 0 Å². The average Bonchev–Trinajstić information content (AvgIpc) is 2.52. The van der Waals surface area contributed by atoms with Crippen molar-refractivity contribution in [2.24, 2.45) is 5.92 Å². The summed E-state index contributed by atoms with van der Waals surface area (Å²) in [5.41, 5.74) is 0.577. The van der Waals surface area contributed by atoms with Crippen molar-refractivity contribution in [1.29, 1.82) is 0 Å². The second-order valence-electron chi connectivity index (χ2n) is 5.95. The summed E-state index contributed by atoms with van der Waals surface area (Å²) in [4.78, 5) is 14.0. The van der Waals surface area contributed by atoms with Crippen LogP contribution in [0, 0.1) is 11.7 Å². The summed E-state index contributed by atoms with van der Waals surface area (Å²) in [7, 11) is 1.76. The molecule has 0 saturated carbocycles. The van der Waals surface area contributed by atoms with Crippen LogP contribution in [0.25, 0.3) is 0 Å². The summed E-state index contributed by atoms with van der Waals surface area (Å²) in [6.45, 7) is 3.98. The first-order valence-corrected chi connectivity index (χ1v) is 7.80. The predicted molar refractivity (Wildman–Crippen MR) is 82.4 cm³/mol. The number of hydrogen-bond acceptors (Lipinski definition) is 2. The molecule has 0 aromatic heterocycles. The molecule has 116 valence electrons. The molecule has 1 amide bonds. The standard InChI is InChI=1S/C17H25FN2O/c1-13(15-7-3-4-8-16(15)18)20(2)17(21)10-9-14-6-5-11-19-12-14/h3-4,7-8,13-14,19H,5-6,9-12H2,1-2H3. The number of piperidine rings is 1. The second-order valence-corrected chi connectivity index (χ2v) is 5.95. The molecule has 4 heteroatoms. The number of hydrogen-bond donors (Lipinski definition) is 1. The third kappa shape index (κ3) is 4.27. The van der Waals surface area contributed by atoms with E-state index in [0.717, 1.165) is 19.5 Å². The van der Waals surface area contributed by atoms with Gasteiger partial charge in [-0.25, -0.2) is 4.39 Å². The topological polar surface area (TPSA) is 32.3 Å². The van der Waals surface area contributed by atoms with Gasteiger partial charge < -0.3 is 10.2 Å². The highest BCUT2D eigenvalue weighted by Gasteiger charge is 2.21. The molecule has 1 aromatic rings. The molecule has 0 aliphatic carbocycles. The first kappa shape index (κ1) is 16.0. The average molecular weight is 292 g/mol. The zero-order valence-electron chi connectivity index (χ0n) is 12.9. The predicted octanol–water partition coefficient (Wildman–Crippen LogP) is 3.12. The van der Waals surface area contributed by atoms with Crippen LogP contribution in [0.1, 0.15) is 44.2 Å². The Morgan fingerprint density at radius 3 is 2.90 bits per heavy atom. The summed E-state index contributed by atoms with van der Waals surface area (Å²) in [6.07, 6.45) is 3.86. The molecule has 2 atom stereocenters. The fourth-order valence-corrected chi connectivity index (χ4v) is 2.91. The molecule has 1 aliphatic heterocycles. The van der Waals surface area contributed by atoms with Crippen LogP contribution in [0.3, 0.4) is 0 Å². The summed E-state index contributed by atoms with van der Waals surface area (Å²) in [5, 5.41) is 3.37. The van der Waals surface area contributed by atoms with E-state index in [-0.39, 0.29) is 17.8 Å². The van der Waals surface area contributed by atoms with Crippen molar-refractivity contribution < 1.29 is 9.18 Å². The number of benzene rings is 1. The third-order valence-corrected chi connectivity index (χ3v) is 4.50. The number of amides is 1. The van der Waals surface area contributed by atoms with Crippen molar-refractivity contribution in [2.45, 2.75) is 38.6 Å². The van der Waals surface area contributed by atoms with E-state index in [9.17, 15) is 9.18 Å². The fourth-order valence-electron chi connectivity index (χ4n) is 2.91. The minimum Gasteiger partial charge on any atom is -0.339 e. The van der Waals surface area contributed by atoms with E-state index in [2.05, 4.69) is 5.32 Å². The Labute approximate surface area is 126 Å². The Bertz CT molecular complexity index is 472. The summed E-state index contributed by atoms with van der Waals surface area (Å²) in [6, 6.07) is 6.43. The maximum Gasteiger partial charge on any atom is 0.222 e. The van der Waals surface area contributed by atoms with Crippen LogP contribution < -0.4 is 5.32 Å². The van der Waals surface area contributed by atoms with Gasteiger partial charge in [0.15, 0.2) is 0 Å². The van der Waals surface area contributed by atoms with Gasteiger partial charge in [0.05, 0.1) is 6.04 Å². The molecule has 2 rings (SSSR count). The van der Waals surface area contributed by atoms with E-state index in [4.69, 9.17) is 0 Å². The number of nitrogens with zero attached hydrogens (tertiary/aromatic N) is 1. The van der Waals surface area contributed by atoms with Gasteiger partial charge in [0.2, 0.25) is 5.91 Å². The Kier molecular flexibility index (Phi) is 5.74. The van der Waals surface area contributed by atoms with Gasteiger partial charge >= 0.3 is 0 Å². The van der Waals surface area contributed by atoms with Crippen molar-refractivity contribution in [1.82, 2.24) is 10.2 Å². The number of carbonyl (C=O) groups excluding carboxylic acids is 1. The molecule has 1 fully saturated rings. The number of halogens is 1. The summed E-state index contributed by atoms with van der Waals surface area (Å²) >= 11 is 0. The lowest BCUT2D eigenvalue weighted by molar-refractivity contribution is -0.132. The van der Waals surface area contributed by atoms with Crippen LogP contribution >= 0.6 is 0 Å². The molecule has 0 spiro atoms. The molecule has 21 heavy (non-hydrogen) atoms. The number of carbonyl (C=O) groups is 1. The molecule has 1 saturated heterocycles. The van der Waals surface area contributed by atoms with Crippen LogP contribution in [-0.4, -0.2) is 30.9 Å². The SMILES string of the molecule is CC(c1ccccc1F)N(C)C(=O)CCC1CCCNC1. The molecule has 3 nitrogen and oxygen atoms in total. The molecule has 1 N–H and O–H groups in total. The van der Waals surface area contributed by atoms with Crippen molar-refractivity contribution in [3.63, 3.8) is 0 Å². The highest BCUT2D eigenvalue weighted by molar-refractivity contribution is 5.76. The maximum absolute atomic E-state index is 13.8. The highest BCUT2D eigenvalue weighted by Crippen LogP contribution is 2.23. The molecule has 0 radical (unpaired) electrons. The molecule has 2 unspecified atom stereocenters. The molecule has 1 heterocycles. The Morgan fingerprint density at radius 2 is 2.24 bits per heavy atom. The largest absolute Gasteiger partial charge is 0.339 e. The number of nitrogens with one attached hydrogen (secondary N) is 1. The fraction of sp³-hybridized carbons (Fsp3) is 0.588. The summed E-state index contributed by atoms with van der Waals surface area (Å²) in [5.74, 6) is 0.442. The van der Waals surface area contributed by atoms with E-state index < -0.39 is 0 Å². The minimum atomic E-state index is -0.249. The van der Waals surface area contributed by atoms with Crippen LogP contribution in [0.4, 0.5) is 4.39 Å². The van der Waals surface area contributed by atoms with Gasteiger partial charge in [-0.1, -0.05) is 18.2 Å². The van der Waals surface area contributed by atoms with Gasteiger partial charge in [-0.05, 0) is 51.3 Å². The van der Waals surface area contributed by atoms with Crippen LogP contribution in [-0.2, 0) is 4.79 Å². The minimum absolute atomic E-state index is 0.0938. The van der Waals surface area contributed by atoms with Gasteiger partial charge in [0.1, 0.15) is 5.82 Å². The Balaban J connectivity index is 1.88. The lowest BCUT2D eigenvalue weighted by Gasteiger charge is -2.27. The highest BCUT2D eigenvalue weighted by atomic mass is 19.1. The summed E-state index contributed by atoms with van der Waals surface area (Å²) < 4.78 is 13.8. The Morgan fingerprint density at radius 1 is 1.48 bits per heavy atom. The van der Waals surface area contributed by atoms with Crippen LogP contribution in [0.5, 0.6) is 0 Å². The van der Waals surface area contributed by atoms with Gasteiger partial charge in [-0.3, -0.25) is 4.79 Å². The van der Waals surface area contributed by atoms with E-state index in [1.54, 1.807) is 30.1 Å². The molecular formula is C17H25FN2O. The van der Waals surface area contributed by atoms with Gasteiger partial charge in [-0.15, -0.1) is 0 Å². The number of rotatable bonds is 5. The third-order valence-electron chi connectivity index (χ3n) is 4.50. The van der Waals surface area contributed by atoms with E-state index in [1.165, 1.54) is 18.9 Å². The zero-order valence-corrected chi connectivity index (χ0v) is 12.9. The lowest BCUT2D eigenvalue weighted by Crippen LogP contribution is -2.33. The first-order chi connectivity index (χ1) is 10.1. The molecule has 1 aromatic carbocycles.